The Balaban J connectivity index is 2.02. The fraction of sp³-hybridized carbons (Fsp3) is 1.00. The van der Waals surface area contributed by atoms with E-state index in [0.717, 1.165) is 17.8 Å². The van der Waals surface area contributed by atoms with Crippen LogP contribution >= 0.6 is 0 Å². The van der Waals surface area contributed by atoms with Crippen LogP contribution in [-0.2, 0) is 0 Å². The van der Waals surface area contributed by atoms with Gasteiger partial charge in [-0.15, -0.1) is 0 Å². The highest BCUT2D eigenvalue weighted by molar-refractivity contribution is 4.89. The van der Waals surface area contributed by atoms with Crippen LogP contribution in [0.5, 0.6) is 0 Å². The largest absolute Gasteiger partial charge is 0.0654 e. The van der Waals surface area contributed by atoms with Crippen molar-refractivity contribution < 1.29 is 0 Å². The Morgan fingerprint density at radius 3 is 2.54 bits per heavy atom. The lowest BCUT2D eigenvalue weighted by Gasteiger charge is -2.10. The fourth-order valence-electron chi connectivity index (χ4n) is 2.60. The first-order chi connectivity index (χ1) is 6.29. The minimum atomic E-state index is 1.02. The molecule has 0 nitrogen and oxygen atoms in total. The Hall–Kier alpha value is 0. The lowest BCUT2D eigenvalue weighted by Crippen LogP contribution is -1.99. The van der Waals surface area contributed by atoms with Gasteiger partial charge >= 0.3 is 0 Å². The molecule has 0 saturated heterocycles. The third-order valence-electron chi connectivity index (χ3n) is 3.63. The van der Waals surface area contributed by atoms with Crippen molar-refractivity contribution in [3.8, 4) is 0 Å². The minimum absolute atomic E-state index is 1.02. The second-order valence-corrected chi connectivity index (χ2v) is 4.92. The van der Waals surface area contributed by atoms with E-state index in [2.05, 4.69) is 20.8 Å². The smallest absolute Gasteiger partial charge is 0.0357 e. The number of unbranched alkanes of at least 4 members (excludes halogenated alkanes) is 2. The maximum absolute atomic E-state index is 2.47. The van der Waals surface area contributed by atoms with E-state index >= 15 is 0 Å². The Labute approximate surface area is 84.1 Å². The molecule has 78 valence electrons. The zero-order chi connectivity index (χ0) is 9.68. The van der Waals surface area contributed by atoms with Crippen LogP contribution in [0.3, 0.4) is 0 Å². The van der Waals surface area contributed by atoms with Crippen LogP contribution in [0.4, 0.5) is 0 Å². The highest BCUT2D eigenvalue weighted by atomic mass is 14.4. The zero-order valence-corrected chi connectivity index (χ0v) is 9.68. The molecule has 0 aromatic rings. The van der Waals surface area contributed by atoms with Gasteiger partial charge in [0.2, 0.25) is 0 Å². The molecular formula is C13H26. The lowest BCUT2D eigenvalue weighted by molar-refractivity contribution is 0.414. The maximum Gasteiger partial charge on any atom is -0.0357 e. The molecule has 0 heterocycles. The molecule has 0 radical (unpaired) electrons. The molecule has 3 atom stereocenters. The molecule has 0 spiro atoms. The summed E-state index contributed by atoms with van der Waals surface area (Å²) in [7, 11) is 0. The van der Waals surface area contributed by atoms with E-state index in [0.29, 0.717) is 0 Å². The van der Waals surface area contributed by atoms with Crippen LogP contribution in [0, 0.1) is 17.8 Å². The Morgan fingerprint density at radius 2 is 1.92 bits per heavy atom. The van der Waals surface area contributed by atoms with Gasteiger partial charge in [-0.25, -0.2) is 0 Å². The van der Waals surface area contributed by atoms with E-state index in [1.165, 1.54) is 38.5 Å². The van der Waals surface area contributed by atoms with E-state index in [9.17, 15) is 0 Å². The van der Waals surface area contributed by atoms with Crippen molar-refractivity contribution in [3.63, 3.8) is 0 Å². The van der Waals surface area contributed by atoms with Crippen molar-refractivity contribution in [2.75, 3.05) is 0 Å². The first-order valence-electron chi connectivity index (χ1n) is 6.29. The second kappa shape index (κ2) is 5.67. The summed E-state index contributed by atoms with van der Waals surface area (Å²) in [6.07, 6.45) is 10.2. The second-order valence-electron chi connectivity index (χ2n) is 4.92. The topological polar surface area (TPSA) is 0 Å². The van der Waals surface area contributed by atoms with Gasteiger partial charge in [0.25, 0.3) is 0 Å². The predicted molar refractivity (Wildman–Crippen MR) is 59.8 cm³/mol. The van der Waals surface area contributed by atoms with Crippen molar-refractivity contribution in [2.24, 2.45) is 17.8 Å². The van der Waals surface area contributed by atoms with Gasteiger partial charge in [0.15, 0.2) is 0 Å². The van der Waals surface area contributed by atoms with E-state index in [4.69, 9.17) is 0 Å². The van der Waals surface area contributed by atoms with Crippen LogP contribution in [0.25, 0.3) is 0 Å². The first-order valence-corrected chi connectivity index (χ1v) is 6.29. The van der Waals surface area contributed by atoms with Gasteiger partial charge in [0.05, 0.1) is 0 Å². The number of hydrogen-bond acceptors (Lipinski definition) is 0. The molecule has 13 heavy (non-hydrogen) atoms. The first kappa shape index (κ1) is 11.1. The molecule has 0 aliphatic heterocycles. The van der Waals surface area contributed by atoms with Gasteiger partial charge in [-0.1, -0.05) is 59.3 Å². The SMILES string of the molecule is CCCCCC(C)C1CC1CCC. The van der Waals surface area contributed by atoms with Crippen LogP contribution in [-0.4, -0.2) is 0 Å². The molecule has 0 amide bonds. The monoisotopic (exact) mass is 182 g/mol. The predicted octanol–water partition coefficient (Wildman–Crippen LogP) is 4.64. The van der Waals surface area contributed by atoms with Gasteiger partial charge in [0, 0.05) is 0 Å². The molecule has 0 heteroatoms. The average molecular weight is 182 g/mol. The highest BCUT2D eigenvalue weighted by Crippen LogP contribution is 2.48. The van der Waals surface area contributed by atoms with Crippen LogP contribution < -0.4 is 0 Å². The van der Waals surface area contributed by atoms with Gasteiger partial charge in [-0.3, -0.25) is 0 Å². The number of rotatable bonds is 7. The third-order valence-corrected chi connectivity index (χ3v) is 3.63. The summed E-state index contributed by atoms with van der Waals surface area (Å²) >= 11 is 0. The van der Waals surface area contributed by atoms with Crippen molar-refractivity contribution in [1.82, 2.24) is 0 Å². The number of hydrogen-bond donors (Lipinski definition) is 0. The summed E-state index contributed by atoms with van der Waals surface area (Å²) in [6, 6.07) is 0. The summed E-state index contributed by atoms with van der Waals surface area (Å²) in [5, 5.41) is 0. The van der Waals surface area contributed by atoms with Gasteiger partial charge in [0.1, 0.15) is 0 Å². The molecule has 1 saturated carbocycles. The fourth-order valence-corrected chi connectivity index (χ4v) is 2.60. The van der Waals surface area contributed by atoms with E-state index < -0.39 is 0 Å². The zero-order valence-electron chi connectivity index (χ0n) is 9.68. The van der Waals surface area contributed by atoms with Crippen LogP contribution in [0.2, 0.25) is 0 Å². The summed E-state index contributed by atoms with van der Waals surface area (Å²) in [5.41, 5.74) is 0. The molecule has 0 aromatic heterocycles. The van der Waals surface area contributed by atoms with Gasteiger partial charge in [-0.2, -0.15) is 0 Å². The van der Waals surface area contributed by atoms with Crippen LogP contribution in [0.15, 0.2) is 0 Å². The molecule has 3 unspecified atom stereocenters. The average Bonchev–Trinajstić information content (AvgIpc) is 2.85. The standard InChI is InChI=1S/C13H26/c1-4-6-7-9-11(3)13-10-12(13)8-5-2/h11-13H,4-10H2,1-3H3. The molecular weight excluding hydrogens is 156 g/mol. The molecule has 0 N–H and O–H groups in total. The molecule has 1 aliphatic carbocycles. The van der Waals surface area contributed by atoms with Crippen LogP contribution in [0.1, 0.15) is 65.7 Å². The lowest BCUT2D eigenvalue weighted by atomic mass is 9.96. The quantitative estimate of drug-likeness (QED) is 0.503. The normalized spacial score (nSPS) is 28.8. The Bertz CT molecular complexity index is 128. The maximum atomic E-state index is 2.47. The van der Waals surface area contributed by atoms with Gasteiger partial charge < -0.3 is 0 Å². The molecule has 0 aromatic carbocycles. The summed E-state index contributed by atoms with van der Waals surface area (Å²) in [5.74, 6) is 3.24. The highest BCUT2D eigenvalue weighted by Gasteiger charge is 2.39. The molecule has 1 rings (SSSR count). The Morgan fingerprint density at radius 1 is 1.15 bits per heavy atom. The summed E-state index contributed by atoms with van der Waals surface area (Å²) < 4.78 is 0. The van der Waals surface area contributed by atoms with E-state index in [1.54, 1.807) is 6.42 Å². The Kier molecular flexibility index (Phi) is 4.83. The van der Waals surface area contributed by atoms with E-state index in [-0.39, 0.29) is 0 Å². The van der Waals surface area contributed by atoms with Crippen molar-refractivity contribution >= 4 is 0 Å². The van der Waals surface area contributed by atoms with Crippen molar-refractivity contribution in [3.05, 3.63) is 0 Å². The van der Waals surface area contributed by atoms with Gasteiger partial charge in [-0.05, 0) is 24.2 Å². The summed E-state index contributed by atoms with van der Waals surface area (Å²) in [6.45, 7) is 7.08. The minimum Gasteiger partial charge on any atom is -0.0654 e. The van der Waals surface area contributed by atoms with Crippen molar-refractivity contribution in [2.45, 2.75) is 65.7 Å². The van der Waals surface area contributed by atoms with E-state index in [1.807, 2.05) is 0 Å². The third kappa shape index (κ3) is 3.70. The molecule has 0 bridgehead atoms. The summed E-state index contributed by atoms with van der Waals surface area (Å²) in [4.78, 5) is 0. The molecule has 1 fully saturated rings. The van der Waals surface area contributed by atoms with Crippen molar-refractivity contribution in [1.29, 1.82) is 0 Å². The molecule has 1 aliphatic rings.